The van der Waals surface area contributed by atoms with Crippen molar-refractivity contribution in [2.75, 3.05) is 25.0 Å². The van der Waals surface area contributed by atoms with Gasteiger partial charge < -0.3 is 10.1 Å². The van der Waals surface area contributed by atoms with Crippen LogP contribution in [0.3, 0.4) is 0 Å². The molecular formula is C22H27FN2O4S. The lowest BCUT2D eigenvalue weighted by molar-refractivity contribution is 0.102. The largest absolute Gasteiger partial charge is 0.492 e. The summed E-state index contributed by atoms with van der Waals surface area (Å²) in [5, 5.41) is 2.61. The first-order chi connectivity index (χ1) is 14.2. The molecule has 8 heteroatoms. The molecule has 162 valence electrons. The molecule has 2 aromatic carbocycles. The van der Waals surface area contributed by atoms with E-state index in [0.717, 1.165) is 18.6 Å². The Balaban J connectivity index is 1.89. The van der Waals surface area contributed by atoms with Crippen molar-refractivity contribution >= 4 is 21.6 Å². The molecule has 0 aromatic heterocycles. The van der Waals surface area contributed by atoms with E-state index < -0.39 is 21.7 Å². The van der Waals surface area contributed by atoms with Crippen LogP contribution in [0, 0.1) is 17.7 Å². The summed E-state index contributed by atoms with van der Waals surface area (Å²) < 4.78 is 47.5. The minimum atomic E-state index is -3.83. The standard InChI is InChI=1S/C22H27FN2O4S/c1-4-29-21-8-6-5-7-20(21)24-22(26)18-12-17(9-10-19(18)23)30(27,28)25-13-15(2)11-16(3)14-25/h5-10,12,15-16H,4,11,13-14H2,1-3H3,(H,24,26)/t15-,16-/m0/s1. The minimum absolute atomic E-state index is 0.0894. The molecule has 0 aliphatic carbocycles. The first kappa shape index (κ1) is 22.2. The van der Waals surface area contributed by atoms with Crippen molar-refractivity contribution in [2.24, 2.45) is 11.8 Å². The van der Waals surface area contributed by atoms with Crippen molar-refractivity contribution in [2.45, 2.75) is 32.1 Å². The number of rotatable bonds is 6. The Bertz CT molecular complexity index is 1020. The number of nitrogens with zero attached hydrogens (tertiary/aromatic N) is 1. The fourth-order valence-corrected chi connectivity index (χ4v) is 5.54. The number of hydrogen-bond donors (Lipinski definition) is 1. The van der Waals surface area contributed by atoms with E-state index in [4.69, 9.17) is 4.74 Å². The van der Waals surface area contributed by atoms with Crippen molar-refractivity contribution < 1.29 is 22.3 Å². The zero-order valence-electron chi connectivity index (χ0n) is 17.4. The predicted octanol–water partition coefficient (Wildman–Crippen LogP) is 4.14. The smallest absolute Gasteiger partial charge is 0.258 e. The third-order valence-electron chi connectivity index (χ3n) is 5.09. The van der Waals surface area contributed by atoms with Crippen LogP contribution in [0.4, 0.5) is 10.1 Å². The lowest BCUT2D eigenvalue weighted by Crippen LogP contribution is -2.42. The van der Waals surface area contributed by atoms with Gasteiger partial charge >= 0.3 is 0 Å². The average Bonchev–Trinajstić information content (AvgIpc) is 2.69. The molecule has 0 bridgehead atoms. The van der Waals surface area contributed by atoms with Crippen molar-refractivity contribution in [1.82, 2.24) is 4.31 Å². The maximum Gasteiger partial charge on any atom is 0.258 e. The predicted molar refractivity (Wildman–Crippen MR) is 114 cm³/mol. The van der Waals surface area contributed by atoms with Crippen molar-refractivity contribution in [3.8, 4) is 5.75 Å². The third-order valence-corrected chi connectivity index (χ3v) is 6.92. The number of hydrogen-bond acceptors (Lipinski definition) is 4. The summed E-state index contributed by atoms with van der Waals surface area (Å²) in [5.74, 6) is -0.602. The molecule has 0 unspecified atom stereocenters. The number of halogens is 1. The molecule has 1 heterocycles. The Labute approximate surface area is 177 Å². The average molecular weight is 435 g/mol. The Morgan fingerprint density at radius 3 is 2.50 bits per heavy atom. The van der Waals surface area contributed by atoms with Gasteiger partial charge in [0.05, 0.1) is 22.8 Å². The summed E-state index contributed by atoms with van der Waals surface area (Å²) in [6, 6.07) is 10.1. The molecule has 1 saturated heterocycles. The molecule has 1 fully saturated rings. The van der Waals surface area contributed by atoms with E-state index in [1.807, 2.05) is 20.8 Å². The van der Waals surface area contributed by atoms with Crippen molar-refractivity contribution in [3.63, 3.8) is 0 Å². The lowest BCUT2D eigenvalue weighted by Gasteiger charge is -2.34. The molecule has 0 spiro atoms. The quantitative estimate of drug-likeness (QED) is 0.741. The highest BCUT2D eigenvalue weighted by Crippen LogP contribution is 2.28. The van der Waals surface area contributed by atoms with Crippen LogP contribution in [-0.4, -0.2) is 38.3 Å². The van der Waals surface area contributed by atoms with Crippen LogP contribution < -0.4 is 10.1 Å². The van der Waals surface area contributed by atoms with E-state index in [1.54, 1.807) is 24.3 Å². The second-order valence-electron chi connectivity index (χ2n) is 7.79. The minimum Gasteiger partial charge on any atom is -0.492 e. The summed E-state index contributed by atoms with van der Waals surface area (Å²) in [6.45, 7) is 7.06. The molecule has 1 N–H and O–H groups in total. The highest BCUT2D eigenvalue weighted by molar-refractivity contribution is 7.89. The fourth-order valence-electron chi connectivity index (χ4n) is 3.83. The molecular weight excluding hydrogens is 407 g/mol. The molecule has 2 atom stereocenters. The Kier molecular flexibility index (Phi) is 6.77. The second kappa shape index (κ2) is 9.14. The summed E-state index contributed by atoms with van der Waals surface area (Å²) in [4.78, 5) is 12.6. The molecule has 1 aliphatic heterocycles. The zero-order valence-corrected chi connectivity index (χ0v) is 18.2. The van der Waals surface area contributed by atoms with Gasteiger partial charge in [0.15, 0.2) is 0 Å². The molecule has 30 heavy (non-hydrogen) atoms. The summed E-state index contributed by atoms with van der Waals surface area (Å²) >= 11 is 0. The van der Waals surface area contributed by atoms with Gasteiger partial charge in [-0.2, -0.15) is 4.31 Å². The van der Waals surface area contributed by atoms with Gasteiger partial charge in [0.1, 0.15) is 11.6 Å². The van der Waals surface area contributed by atoms with Gasteiger partial charge in [-0.25, -0.2) is 12.8 Å². The van der Waals surface area contributed by atoms with Crippen LogP contribution in [0.25, 0.3) is 0 Å². The highest BCUT2D eigenvalue weighted by Gasteiger charge is 2.32. The molecule has 1 amide bonds. The van der Waals surface area contributed by atoms with E-state index in [9.17, 15) is 17.6 Å². The van der Waals surface area contributed by atoms with Crippen LogP contribution in [0.2, 0.25) is 0 Å². The van der Waals surface area contributed by atoms with Crippen molar-refractivity contribution in [3.05, 3.63) is 53.8 Å². The number of piperidine rings is 1. The van der Waals surface area contributed by atoms with Gasteiger partial charge in [0.2, 0.25) is 10.0 Å². The van der Waals surface area contributed by atoms with Gasteiger partial charge in [-0.1, -0.05) is 26.0 Å². The van der Waals surface area contributed by atoms with E-state index in [2.05, 4.69) is 5.32 Å². The van der Waals surface area contributed by atoms with Crippen molar-refractivity contribution in [1.29, 1.82) is 0 Å². The van der Waals surface area contributed by atoms with E-state index in [-0.39, 0.29) is 22.3 Å². The molecule has 2 aromatic rings. The van der Waals surface area contributed by atoms with Crippen LogP contribution in [-0.2, 0) is 10.0 Å². The zero-order chi connectivity index (χ0) is 21.9. The number of amides is 1. The number of carbonyl (C=O) groups excluding carboxylic acids is 1. The van der Waals surface area contributed by atoms with E-state index in [0.29, 0.717) is 31.1 Å². The normalized spacial score (nSPS) is 20.0. The highest BCUT2D eigenvalue weighted by atomic mass is 32.2. The summed E-state index contributed by atoms with van der Waals surface area (Å²) in [5.41, 5.74) is 0.0520. The van der Waals surface area contributed by atoms with Crippen LogP contribution in [0.1, 0.15) is 37.6 Å². The van der Waals surface area contributed by atoms with Gasteiger partial charge in [-0.15, -0.1) is 0 Å². The SMILES string of the molecule is CCOc1ccccc1NC(=O)c1cc(S(=O)(=O)N2C[C@@H](C)C[C@H](C)C2)ccc1F. The third kappa shape index (κ3) is 4.82. The lowest BCUT2D eigenvalue weighted by atomic mass is 9.94. The van der Waals surface area contributed by atoms with Gasteiger partial charge in [0.25, 0.3) is 5.91 Å². The second-order valence-corrected chi connectivity index (χ2v) is 9.73. The molecule has 6 nitrogen and oxygen atoms in total. The summed E-state index contributed by atoms with van der Waals surface area (Å²) in [6.07, 6.45) is 0.961. The van der Waals surface area contributed by atoms with E-state index in [1.165, 1.54) is 10.4 Å². The Hall–Kier alpha value is -2.45. The molecule has 1 aliphatic rings. The van der Waals surface area contributed by atoms with Gasteiger partial charge in [-0.3, -0.25) is 4.79 Å². The van der Waals surface area contributed by atoms with Gasteiger partial charge in [-0.05, 0) is 55.5 Å². The number of ether oxygens (including phenoxy) is 1. The fraction of sp³-hybridized carbons (Fsp3) is 0.409. The Morgan fingerprint density at radius 1 is 1.17 bits per heavy atom. The monoisotopic (exact) mass is 434 g/mol. The number of para-hydroxylation sites is 2. The molecule has 0 radical (unpaired) electrons. The van der Waals surface area contributed by atoms with Crippen LogP contribution in [0.15, 0.2) is 47.4 Å². The number of benzene rings is 2. The van der Waals surface area contributed by atoms with Crippen LogP contribution in [0.5, 0.6) is 5.75 Å². The first-order valence-electron chi connectivity index (χ1n) is 10.0. The topological polar surface area (TPSA) is 75.7 Å². The number of anilines is 1. The maximum atomic E-state index is 14.4. The van der Waals surface area contributed by atoms with Gasteiger partial charge in [0, 0.05) is 13.1 Å². The Morgan fingerprint density at radius 2 is 1.83 bits per heavy atom. The molecule has 3 rings (SSSR count). The summed E-state index contributed by atoms with van der Waals surface area (Å²) in [7, 11) is -3.83. The maximum absolute atomic E-state index is 14.4. The number of sulfonamides is 1. The first-order valence-corrected chi connectivity index (χ1v) is 11.5. The van der Waals surface area contributed by atoms with Crippen LogP contribution >= 0.6 is 0 Å². The number of nitrogens with one attached hydrogen (secondary N) is 1. The molecule has 0 saturated carbocycles. The van der Waals surface area contributed by atoms with E-state index >= 15 is 0 Å². The number of carbonyl (C=O) groups is 1.